The number of rotatable bonds is 2. The number of allylic oxidation sites excluding steroid dienone is 5. The second kappa shape index (κ2) is 13.2. The molecule has 0 fully saturated rings. The Morgan fingerprint density at radius 3 is 1.60 bits per heavy atom. The summed E-state index contributed by atoms with van der Waals surface area (Å²) < 4.78 is 0. The molecule has 0 aromatic rings. The zero-order valence-corrected chi connectivity index (χ0v) is 12.0. The maximum atomic E-state index is 3.69. The molecule has 0 unspecified atom stereocenters. The average Bonchev–Trinajstić information content (AvgIpc) is 2.22. The zero-order chi connectivity index (χ0) is 12.9. The molecule has 0 heterocycles. The molecule has 0 rings (SSSR count). The summed E-state index contributed by atoms with van der Waals surface area (Å²) in [6.45, 7) is 20.3. The third-order valence-electron chi connectivity index (χ3n) is 1.51. The predicted molar refractivity (Wildman–Crippen MR) is 75.2 cm³/mol. The molecule has 0 atom stereocenters. The monoisotopic (exact) mass is 210 g/mol. The summed E-state index contributed by atoms with van der Waals surface area (Å²) in [5, 5.41) is 0. The average molecular weight is 210 g/mol. The topological polar surface area (TPSA) is 0 Å². The van der Waals surface area contributed by atoms with Gasteiger partial charge in [0.2, 0.25) is 0 Å². The van der Waals surface area contributed by atoms with Gasteiger partial charge in [-0.05, 0) is 17.9 Å². The van der Waals surface area contributed by atoms with Gasteiger partial charge in [0.15, 0.2) is 0 Å². The van der Waals surface area contributed by atoms with E-state index >= 15 is 0 Å². The summed E-state index contributed by atoms with van der Waals surface area (Å²) in [4.78, 5) is 0. The van der Waals surface area contributed by atoms with Gasteiger partial charge in [0.05, 0.1) is 0 Å². The molecule has 0 aromatic carbocycles. The van der Waals surface area contributed by atoms with E-state index in [4.69, 9.17) is 0 Å². The van der Waals surface area contributed by atoms with Crippen LogP contribution in [0.25, 0.3) is 0 Å². The van der Waals surface area contributed by atoms with Crippen LogP contribution in [0, 0.1) is 5.41 Å². The zero-order valence-electron chi connectivity index (χ0n) is 12.0. The van der Waals surface area contributed by atoms with Crippen molar-refractivity contribution in [3.05, 3.63) is 36.5 Å². The lowest BCUT2D eigenvalue weighted by Crippen LogP contribution is -2.06. The summed E-state index contributed by atoms with van der Waals surface area (Å²) in [6.07, 6.45) is 8.07. The Morgan fingerprint density at radius 2 is 1.40 bits per heavy atom. The summed E-state index contributed by atoms with van der Waals surface area (Å²) >= 11 is 0. The van der Waals surface area contributed by atoms with E-state index in [1.54, 1.807) is 0 Å². The van der Waals surface area contributed by atoms with Crippen molar-refractivity contribution >= 4 is 0 Å². The third kappa shape index (κ3) is 13.2. The first kappa shape index (κ1) is 19.7. The summed E-state index contributed by atoms with van der Waals surface area (Å²) in [7, 11) is 0. The van der Waals surface area contributed by atoms with E-state index in [9.17, 15) is 0 Å². The molecule has 0 spiro atoms. The molecule has 90 valence electrons. The number of hydrogen-bond acceptors (Lipinski definition) is 0. The van der Waals surface area contributed by atoms with Gasteiger partial charge >= 0.3 is 0 Å². The fourth-order valence-electron chi connectivity index (χ4n) is 0.862. The van der Waals surface area contributed by atoms with Crippen LogP contribution in [-0.2, 0) is 0 Å². The molecule has 0 radical (unpaired) electrons. The Kier molecular flexibility index (Phi) is 17.4. The SMILES string of the molecule is C=C/C=C(\C=C/C)C(C)(C)C.CC.CC. The maximum absolute atomic E-state index is 3.69. The minimum absolute atomic E-state index is 0.223. The normalized spacial score (nSPS) is 11.1. The van der Waals surface area contributed by atoms with Crippen LogP contribution >= 0.6 is 0 Å². The first-order chi connectivity index (χ1) is 7.02. The van der Waals surface area contributed by atoms with Gasteiger partial charge < -0.3 is 0 Å². The van der Waals surface area contributed by atoms with Crippen molar-refractivity contribution in [2.45, 2.75) is 55.4 Å². The minimum Gasteiger partial charge on any atom is -0.0991 e. The van der Waals surface area contributed by atoms with Gasteiger partial charge in [-0.25, -0.2) is 0 Å². The van der Waals surface area contributed by atoms with E-state index in [0.717, 1.165) is 0 Å². The summed E-state index contributed by atoms with van der Waals surface area (Å²) in [5.41, 5.74) is 1.54. The van der Waals surface area contributed by atoms with Gasteiger partial charge in [0.1, 0.15) is 0 Å². The Hall–Kier alpha value is -0.780. The van der Waals surface area contributed by atoms with E-state index in [2.05, 4.69) is 45.6 Å². The predicted octanol–water partition coefficient (Wildman–Crippen LogP) is 5.77. The first-order valence-corrected chi connectivity index (χ1v) is 5.98. The van der Waals surface area contributed by atoms with Crippen LogP contribution in [0.2, 0.25) is 0 Å². The van der Waals surface area contributed by atoms with Crippen LogP contribution in [0.3, 0.4) is 0 Å². The molecule has 0 saturated carbocycles. The molecule has 0 aliphatic heterocycles. The molecule has 0 amide bonds. The molecular weight excluding hydrogens is 180 g/mol. The first-order valence-electron chi connectivity index (χ1n) is 5.98. The smallest absolute Gasteiger partial charge is 0.0132 e. The quantitative estimate of drug-likeness (QED) is 0.507. The fourth-order valence-corrected chi connectivity index (χ4v) is 0.862. The summed E-state index contributed by atoms with van der Waals surface area (Å²) in [6, 6.07) is 0. The van der Waals surface area contributed by atoms with E-state index in [1.165, 1.54) is 5.57 Å². The van der Waals surface area contributed by atoms with E-state index in [-0.39, 0.29) is 5.41 Å². The van der Waals surface area contributed by atoms with Crippen LogP contribution in [0.5, 0.6) is 0 Å². The third-order valence-corrected chi connectivity index (χ3v) is 1.51. The highest BCUT2D eigenvalue weighted by Crippen LogP contribution is 2.25. The van der Waals surface area contributed by atoms with Gasteiger partial charge in [0.25, 0.3) is 0 Å². The van der Waals surface area contributed by atoms with Gasteiger partial charge in [-0.1, -0.05) is 79.3 Å². The Morgan fingerprint density at radius 1 is 1.00 bits per heavy atom. The molecule has 0 saturated heterocycles. The van der Waals surface area contributed by atoms with Crippen LogP contribution in [0.1, 0.15) is 55.4 Å². The molecule has 0 bridgehead atoms. The van der Waals surface area contributed by atoms with Crippen LogP contribution in [0.4, 0.5) is 0 Å². The molecule has 0 nitrogen and oxygen atoms in total. The lowest BCUT2D eigenvalue weighted by molar-refractivity contribution is 0.517. The Bertz CT molecular complexity index is 175. The van der Waals surface area contributed by atoms with Crippen molar-refractivity contribution in [1.29, 1.82) is 0 Å². The lowest BCUT2D eigenvalue weighted by atomic mass is 9.86. The molecule has 0 aliphatic rings. The largest absolute Gasteiger partial charge is 0.0991 e. The van der Waals surface area contributed by atoms with Crippen molar-refractivity contribution in [2.75, 3.05) is 0 Å². The molecular formula is C15H30. The van der Waals surface area contributed by atoms with Crippen molar-refractivity contribution in [3.63, 3.8) is 0 Å². The second-order valence-corrected chi connectivity index (χ2v) is 3.61. The summed E-state index contributed by atoms with van der Waals surface area (Å²) in [5.74, 6) is 0. The van der Waals surface area contributed by atoms with Crippen LogP contribution < -0.4 is 0 Å². The van der Waals surface area contributed by atoms with E-state index in [0.29, 0.717) is 0 Å². The van der Waals surface area contributed by atoms with E-state index < -0.39 is 0 Å². The van der Waals surface area contributed by atoms with Gasteiger partial charge in [-0.3, -0.25) is 0 Å². The molecule has 0 heteroatoms. The number of hydrogen-bond donors (Lipinski definition) is 0. The van der Waals surface area contributed by atoms with Gasteiger partial charge in [-0.15, -0.1) is 0 Å². The molecule has 15 heavy (non-hydrogen) atoms. The van der Waals surface area contributed by atoms with Crippen molar-refractivity contribution in [1.82, 2.24) is 0 Å². The van der Waals surface area contributed by atoms with Crippen molar-refractivity contribution in [2.24, 2.45) is 5.41 Å². The van der Waals surface area contributed by atoms with E-state index in [1.807, 2.05) is 40.7 Å². The minimum atomic E-state index is 0.223. The van der Waals surface area contributed by atoms with Crippen LogP contribution in [0.15, 0.2) is 36.5 Å². The Balaban J connectivity index is -0.000000318. The van der Waals surface area contributed by atoms with Crippen molar-refractivity contribution < 1.29 is 0 Å². The van der Waals surface area contributed by atoms with Gasteiger partial charge in [0, 0.05) is 0 Å². The molecule has 0 aliphatic carbocycles. The highest BCUT2D eigenvalue weighted by molar-refractivity contribution is 5.27. The molecule has 0 aromatic heterocycles. The fraction of sp³-hybridized carbons (Fsp3) is 0.600. The second-order valence-electron chi connectivity index (χ2n) is 3.61. The lowest BCUT2D eigenvalue weighted by Gasteiger charge is -2.19. The highest BCUT2D eigenvalue weighted by Gasteiger charge is 2.12. The standard InChI is InChI=1S/C11H18.2C2H6/c1-6-8-10(9-7-2)11(3,4)5;2*1-2/h6-9H,1H2,2-5H3;2*1-2H3/b9-7-,10-8+;;. The highest BCUT2D eigenvalue weighted by atomic mass is 14.2. The Labute approximate surface area is 97.8 Å². The molecule has 0 N–H and O–H groups in total. The van der Waals surface area contributed by atoms with Crippen molar-refractivity contribution in [3.8, 4) is 0 Å². The van der Waals surface area contributed by atoms with Crippen LogP contribution in [-0.4, -0.2) is 0 Å². The van der Waals surface area contributed by atoms with Gasteiger partial charge in [-0.2, -0.15) is 0 Å². The maximum Gasteiger partial charge on any atom is -0.0132 e.